The van der Waals surface area contributed by atoms with Crippen LogP contribution in [0.1, 0.15) is 24.8 Å². The first-order valence-electron chi connectivity index (χ1n) is 9.38. The summed E-state index contributed by atoms with van der Waals surface area (Å²) in [4.78, 5) is 14.8. The van der Waals surface area contributed by atoms with E-state index in [9.17, 15) is 4.79 Å². The summed E-state index contributed by atoms with van der Waals surface area (Å²) in [5, 5.41) is 0. The van der Waals surface area contributed by atoms with E-state index in [2.05, 4.69) is 36.4 Å². The topological polar surface area (TPSA) is 46.3 Å². The highest BCUT2D eigenvalue weighted by Crippen LogP contribution is 2.35. The maximum atomic E-state index is 12.7. The minimum atomic E-state index is 0.245. The van der Waals surface area contributed by atoms with Crippen LogP contribution in [0.5, 0.6) is 0 Å². The molecule has 4 rings (SSSR count). The molecule has 1 saturated heterocycles. The molecule has 1 aliphatic heterocycles. The summed E-state index contributed by atoms with van der Waals surface area (Å²) in [6, 6.07) is 19.0. The number of amides is 1. The number of hydrogen-bond acceptors (Lipinski definition) is 2. The normalized spacial score (nSPS) is 25.6. The van der Waals surface area contributed by atoms with Gasteiger partial charge < -0.3 is 10.6 Å². The molecule has 2 fully saturated rings. The molecular weight excluding hydrogens is 308 g/mol. The van der Waals surface area contributed by atoms with Crippen LogP contribution in [-0.2, 0) is 11.2 Å². The molecule has 130 valence electrons. The Balaban J connectivity index is 1.40. The van der Waals surface area contributed by atoms with Gasteiger partial charge in [0, 0.05) is 19.1 Å². The van der Waals surface area contributed by atoms with Crippen LogP contribution < -0.4 is 5.73 Å². The van der Waals surface area contributed by atoms with E-state index < -0.39 is 0 Å². The molecule has 1 heterocycles. The number of likely N-dealkylation sites (tertiary alicyclic amines) is 1. The minimum absolute atomic E-state index is 0.245. The number of fused-ring (bicyclic) bond motifs is 1. The van der Waals surface area contributed by atoms with E-state index in [1.165, 1.54) is 24.0 Å². The van der Waals surface area contributed by atoms with Crippen LogP contribution in [0.25, 0.3) is 11.1 Å². The predicted octanol–water partition coefficient (Wildman–Crippen LogP) is 3.48. The summed E-state index contributed by atoms with van der Waals surface area (Å²) in [7, 11) is 0. The van der Waals surface area contributed by atoms with Crippen LogP contribution in [0.2, 0.25) is 0 Å². The van der Waals surface area contributed by atoms with Gasteiger partial charge in [0.2, 0.25) is 5.91 Å². The SMILES string of the molecule is NC1CCCC2CN(C(=O)Cc3ccc(-c4ccccc4)cc3)CC12. The van der Waals surface area contributed by atoms with Gasteiger partial charge in [0.15, 0.2) is 0 Å². The van der Waals surface area contributed by atoms with Crippen molar-refractivity contribution in [1.82, 2.24) is 4.90 Å². The van der Waals surface area contributed by atoms with Gasteiger partial charge in [-0.1, -0.05) is 61.0 Å². The zero-order valence-corrected chi connectivity index (χ0v) is 14.6. The Bertz CT molecular complexity index is 725. The van der Waals surface area contributed by atoms with E-state index in [1.807, 2.05) is 23.1 Å². The lowest BCUT2D eigenvalue weighted by molar-refractivity contribution is -0.129. The Morgan fingerprint density at radius 2 is 1.68 bits per heavy atom. The van der Waals surface area contributed by atoms with Gasteiger partial charge in [-0.2, -0.15) is 0 Å². The highest BCUT2D eigenvalue weighted by Gasteiger charge is 2.40. The van der Waals surface area contributed by atoms with Crippen molar-refractivity contribution in [3.8, 4) is 11.1 Å². The van der Waals surface area contributed by atoms with Crippen molar-refractivity contribution in [2.45, 2.75) is 31.7 Å². The van der Waals surface area contributed by atoms with Crippen molar-refractivity contribution >= 4 is 5.91 Å². The third-order valence-electron chi connectivity index (χ3n) is 5.92. The lowest BCUT2D eigenvalue weighted by atomic mass is 9.78. The second-order valence-electron chi connectivity index (χ2n) is 7.56. The average molecular weight is 334 g/mol. The van der Waals surface area contributed by atoms with Crippen LogP contribution in [0.3, 0.4) is 0 Å². The van der Waals surface area contributed by atoms with Gasteiger partial charge >= 0.3 is 0 Å². The predicted molar refractivity (Wildman–Crippen MR) is 101 cm³/mol. The van der Waals surface area contributed by atoms with E-state index in [0.29, 0.717) is 18.3 Å². The van der Waals surface area contributed by atoms with Crippen molar-refractivity contribution in [3.05, 3.63) is 60.2 Å². The second-order valence-corrected chi connectivity index (χ2v) is 7.56. The molecule has 3 nitrogen and oxygen atoms in total. The third kappa shape index (κ3) is 3.47. The maximum absolute atomic E-state index is 12.7. The monoisotopic (exact) mass is 334 g/mol. The van der Waals surface area contributed by atoms with Gasteiger partial charge in [-0.25, -0.2) is 0 Å². The molecule has 1 amide bonds. The van der Waals surface area contributed by atoms with E-state index >= 15 is 0 Å². The molecule has 3 unspecified atom stereocenters. The van der Waals surface area contributed by atoms with E-state index in [4.69, 9.17) is 5.73 Å². The molecule has 3 atom stereocenters. The summed E-state index contributed by atoms with van der Waals surface area (Å²) >= 11 is 0. The summed E-state index contributed by atoms with van der Waals surface area (Å²) < 4.78 is 0. The van der Waals surface area contributed by atoms with Crippen LogP contribution in [0.15, 0.2) is 54.6 Å². The van der Waals surface area contributed by atoms with Gasteiger partial charge in [0.1, 0.15) is 0 Å². The van der Waals surface area contributed by atoms with Crippen LogP contribution >= 0.6 is 0 Å². The summed E-state index contributed by atoms with van der Waals surface area (Å²) in [6.45, 7) is 1.76. The fraction of sp³-hybridized carbons (Fsp3) is 0.409. The third-order valence-corrected chi connectivity index (χ3v) is 5.92. The number of carbonyl (C=O) groups excluding carboxylic acids is 1. The van der Waals surface area contributed by atoms with Gasteiger partial charge in [0.25, 0.3) is 0 Å². The Labute approximate surface area is 149 Å². The number of carbonyl (C=O) groups is 1. The lowest BCUT2D eigenvalue weighted by Gasteiger charge is -2.29. The number of nitrogens with zero attached hydrogens (tertiary/aromatic N) is 1. The van der Waals surface area contributed by atoms with E-state index in [1.54, 1.807) is 0 Å². The molecule has 0 radical (unpaired) electrons. The van der Waals surface area contributed by atoms with Gasteiger partial charge in [-0.05, 0) is 41.4 Å². The number of rotatable bonds is 3. The first-order chi connectivity index (χ1) is 12.2. The molecule has 0 aromatic heterocycles. The molecule has 2 aliphatic rings. The highest BCUT2D eigenvalue weighted by molar-refractivity contribution is 5.79. The average Bonchev–Trinajstić information content (AvgIpc) is 3.09. The highest BCUT2D eigenvalue weighted by atomic mass is 16.2. The zero-order chi connectivity index (χ0) is 17.2. The maximum Gasteiger partial charge on any atom is 0.227 e. The van der Waals surface area contributed by atoms with Crippen molar-refractivity contribution in [1.29, 1.82) is 0 Å². The molecule has 2 aromatic rings. The number of nitrogens with two attached hydrogens (primary N) is 1. The molecular formula is C22H26N2O. The Hall–Kier alpha value is -2.13. The lowest BCUT2D eigenvalue weighted by Crippen LogP contribution is -2.38. The molecule has 0 bridgehead atoms. The van der Waals surface area contributed by atoms with Gasteiger partial charge in [0.05, 0.1) is 6.42 Å². The van der Waals surface area contributed by atoms with Gasteiger partial charge in [-0.15, -0.1) is 0 Å². The Kier molecular flexibility index (Phi) is 4.58. The molecule has 2 aromatic carbocycles. The summed E-state index contributed by atoms with van der Waals surface area (Å²) in [5.41, 5.74) is 9.75. The van der Waals surface area contributed by atoms with Crippen LogP contribution in [0, 0.1) is 11.8 Å². The first-order valence-corrected chi connectivity index (χ1v) is 9.38. The van der Waals surface area contributed by atoms with E-state index in [0.717, 1.165) is 25.1 Å². The molecule has 25 heavy (non-hydrogen) atoms. The van der Waals surface area contributed by atoms with Crippen molar-refractivity contribution in [2.75, 3.05) is 13.1 Å². The minimum Gasteiger partial charge on any atom is -0.342 e. The zero-order valence-electron chi connectivity index (χ0n) is 14.6. The molecule has 3 heteroatoms. The largest absolute Gasteiger partial charge is 0.342 e. The first kappa shape index (κ1) is 16.3. The second kappa shape index (κ2) is 7.01. The molecule has 0 spiro atoms. The number of hydrogen-bond donors (Lipinski definition) is 1. The van der Waals surface area contributed by atoms with Crippen molar-refractivity contribution in [2.24, 2.45) is 17.6 Å². The molecule has 2 N–H and O–H groups in total. The van der Waals surface area contributed by atoms with Crippen LogP contribution in [-0.4, -0.2) is 29.9 Å². The van der Waals surface area contributed by atoms with Crippen molar-refractivity contribution < 1.29 is 4.79 Å². The van der Waals surface area contributed by atoms with E-state index in [-0.39, 0.29) is 11.9 Å². The summed E-state index contributed by atoms with van der Waals surface area (Å²) in [6.07, 6.45) is 4.05. The smallest absolute Gasteiger partial charge is 0.227 e. The number of benzene rings is 2. The fourth-order valence-electron chi connectivity index (χ4n) is 4.45. The quantitative estimate of drug-likeness (QED) is 0.934. The Morgan fingerprint density at radius 3 is 2.40 bits per heavy atom. The molecule has 1 aliphatic carbocycles. The summed E-state index contributed by atoms with van der Waals surface area (Å²) in [5.74, 6) is 1.38. The standard InChI is InChI=1S/C22H26N2O/c23-21-8-4-7-19-14-24(15-20(19)21)22(25)13-16-9-11-18(12-10-16)17-5-2-1-3-6-17/h1-3,5-6,9-12,19-21H,4,7-8,13-15,23H2. The van der Waals surface area contributed by atoms with Crippen molar-refractivity contribution in [3.63, 3.8) is 0 Å². The molecule has 1 saturated carbocycles. The fourth-order valence-corrected chi connectivity index (χ4v) is 4.45. The van der Waals surface area contributed by atoms with Gasteiger partial charge in [-0.3, -0.25) is 4.79 Å². The Morgan fingerprint density at radius 1 is 0.960 bits per heavy atom. The van der Waals surface area contributed by atoms with Crippen LogP contribution in [0.4, 0.5) is 0 Å².